The fourth-order valence-corrected chi connectivity index (χ4v) is 2.32. The van der Waals surface area contributed by atoms with Gasteiger partial charge >= 0.3 is 5.69 Å². The third-order valence-electron chi connectivity index (χ3n) is 3.21. The summed E-state index contributed by atoms with van der Waals surface area (Å²) in [5.74, 6) is 0.0950. The van der Waals surface area contributed by atoms with Crippen molar-refractivity contribution < 1.29 is 5.11 Å². The zero-order valence-corrected chi connectivity index (χ0v) is 10.6. The first-order valence-corrected chi connectivity index (χ1v) is 6.11. The number of benzene rings is 2. The molecule has 2 aromatic carbocycles. The van der Waals surface area contributed by atoms with Crippen LogP contribution < -0.4 is 5.69 Å². The number of para-hydroxylation sites is 1. The number of imidazole rings is 1. The molecule has 0 spiro atoms. The van der Waals surface area contributed by atoms with E-state index in [4.69, 9.17) is 0 Å². The van der Waals surface area contributed by atoms with Crippen LogP contribution in [-0.4, -0.2) is 14.7 Å². The molecule has 0 unspecified atom stereocenters. The minimum Gasteiger partial charge on any atom is -0.506 e. The Kier molecular flexibility index (Phi) is 2.63. The third-order valence-corrected chi connectivity index (χ3v) is 3.21. The van der Waals surface area contributed by atoms with Crippen LogP contribution in [-0.2, 0) is 6.54 Å². The first-order valence-electron chi connectivity index (χ1n) is 6.11. The van der Waals surface area contributed by atoms with E-state index in [1.165, 1.54) is 0 Å². The van der Waals surface area contributed by atoms with Crippen LogP contribution in [0.25, 0.3) is 11.0 Å². The molecule has 0 fully saturated rings. The molecule has 0 aliphatic carbocycles. The molecule has 0 saturated heterocycles. The minimum absolute atomic E-state index is 0.0950. The Morgan fingerprint density at radius 2 is 2.00 bits per heavy atom. The molecule has 4 heteroatoms. The van der Waals surface area contributed by atoms with Gasteiger partial charge in [0, 0.05) is 0 Å². The molecule has 0 atom stereocenters. The number of hydrogen-bond donors (Lipinski definition) is 2. The molecule has 19 heavy (non-hydrogen) atoms. The number of phenolic OH excluding ortho intramolecular Hbond substituents is 1. The lowest BCUT2D eigenvalue weighted by atomic mass is 10.1. The summed E-state index contributed by atoms with van der Waals surface area (Å²) in [6.07, 6.45) is 0. The zero-order valence-electron chi connectivity index (χ0n) is 10.6. The summed E-state index contributed by atoms with van der Waals surface area (Å²) in [7, 11) is 0. The van der Waals surface area contributed by atoms with Crippen LogP contribution in [0.1, 0.15) is 11.1 Å². The van der Waals surface area contributed by atoms with E-state index in [0.717, 1.165) is 11.1 Å². The van der Waals surface area contributed by atoms with Crippen molar-refractivity contribution in [3.8, 4) is 5.75 Å². The lowest BCUT2D eigenvalue weighted by molar-refractivity contribution is 0.480. The summed E-state index contributed by atoms with van der Waals surface area (Å²) in [5.41, 5.74) is 3.21. The SMILES string of the molecule is Cc1cccc(Cn2c(=O)[nH]c3c(O)cccc32)c1. The highest BCUT2D eigenvalue weighted by Gasteiger charge is 2.09. The van der Waals surface area contributed by atoms with Gasteiger partial charge in [-0.25, -0.2) is 4.79 Å². The molecule has 4 nitrogen and oxygen atoms in total. The zero-order chi connectivity index (χ0) is 13.4. The van der Waals surface area contributed by atoms with Crippen molar-refractivity contribution >= 4 is 11.0 Å². The Morgan fingerprint density at radius 1 is 1.21 bits per heavy atom. The molecular formula is C15H14N2O2. The lowest BCUT2D eigenvalue weighted by Gasteiger charge is -2.05. The summed E-state index contributed by atoms with van der Waals surface area (Å²) >= 11 is 0. The standard InChI is InChI=1S/C15H14N2O2/c1-10-4-2-5-11(8-10)9-17-12-6-3-7-13(18)14(12)16-15(17)19/h2-8,18H,9H2,1H3,(H,16,19). The minimum atomic E-state index is -0.210. The van der Waals surface area contributed by atoms with Crippen LogP contribution >= 0.6 is 0 Å². The van der Waals surface area contributed by atoms with E-state index in [-0.39, 0.29) is 11.4 Å². The maximum absolute atomic E-state index is 12.0. The largest absolute Gasteiger partial charge is 0.506 e. The quantitative estimate of drug-likeness (QED) is 0.737. The molecular weight excluding hydrogens is 240 g/mol. The second-order valence-electron chi connectivity index (χ2n) is 4.68. The van der Waals surface area contributed by atoms with E-state index < -0.39 is 0 Å². The lowest BCUT2D eigenvalue weighted by Crippen LogP contribution is -2.17. The Labute approximate surface area is 109 Å². The van der Waals surface area contributed by atoms with Crippen molar-refractivity contribution in [2.75, 3.05) is 0 Å². The molecule has 2 N–H and O–H groups in total. The van der Waals surface area contributed by atoms with Gasteiger partial charge in [0.1, 0.15) is 11.3 Å². The number of aromatic hydroxyl groups is 1. The molecule has 3 aromatic rings. The van der Waals surface area contributed by atoms with Gasteiger partial charge in [-0.2, -0.15) is 0 Å². The van der Waals surface area contributed by atoms with Gasteiger partial charge in [-0.1, -0.05) is 35.9 Å². The first-order chi connectivity index (χ1) is 9.15. The van der Waals surface area contributed by atoms with Crippen LogP contribution in [0.4, 0.5) is 0 Å². The van der Waals surface area contributed by atoms with Gasteiger partial charge in [0.2, 0.25) is 0 Å². The van der Waals surface area contributed by atoms with Gasteiger partial charge in [-0.15, -0.1) is 0 Å². The molecule has 3 rings (SSSR count). The Morgan fingerprint density at radius 3 is 2.79 bits per heavy atom. The number of nitrogens with one attached hydrogen (secondary N) is 1. The molecule has 0 bridgehead atoms. The average molecular weight is 254 g/mol. The highest BCUT2D eigenvalue weighted by molar-refractivity contribution is 5.81. The number of H-pyrrole nitrogens is 1. The summed E-state index contributed by atoms with van der Waals surface area (Å²) in [5, 5.41) is 9.74. The van der Waals surface area contributed by atoms with Gasteiger partial charge in [0.05, 0.1) is 12.1 Å². The van der Waals surface area contributed by atoms with Crippen LogP contribution in [0.5, 0.6) is 5.75 Å². The smallest absolute Gasteiger partial charge is 0.326 e. The molecule has 96 valence electrons. The fourth-order valence-electron chi connectivity index (χ4n) is 2.32. The maximum atomic E-state index is 12.0. The first kappa shape index (κ1) is 11.6. The predicted octanol–water partition coefficient (Wildman–Crippen LogP) is 2.39. The Balaban J connectivity index is 2.13. The van der Waals surface area contributed by atoms with Crippen LogP contribution in [0, 0.1) is 6.92 Å². The predicted molar refractivity (Wildman–Crippen MR) is 74.5 cm³/mol. The topological polar surface area (TPSA) is 58.0 Å². The van der Waals surface area contributed by atoms with Crippen molar-refractivity contribution in [1.29, 1.82) is 0 Å². The van der Waals surface area contributed by atoms with Gasteiger partial charge in [-0.05, 0) is 24.6 Å². The molecule has 1 aromatic heterocycles. The van der Waals surface area contributed by atoms with Crippen LogP contribution in [0.2, 0.25) is 0 Å². The third kappa shape index (κ3) is 2.01. The van der Waals surface area contributed by atoms with Crippen LogP contribution in [0.3, 0.4) is 0 Å². The second-order valence-corrected chi connectivity index (χ2v) is 4.68. The molecule has 1 heterocycles. The molecule has 0 amide bonds. The van der Waals surface area contributed by atoms with Gasteiger partial charge in [0.25, 0.3) is 0 Å². The number of fused-ring (bicyclic) bond motifs is 1. The van der Waals surface area contributed by atoms with Crippen molar-refractivity contribution in [2.45, 2.75) is 13.5 Å². The number of rotatable bonds is 2. The van der Waals surface area contributed by atoms with E-state index in [2.05, 4.69) is 4.98 Å². The summed E-state index contributed by atoms with van der Waals surface area (Å²) in [6, 6.07) is 13.2. The number of aromatic nitrogens is 2. The Bertz CT molecular complexity index is 799. The molecule has 0 aliphatic heterocycles. The summed E-state index contributed by atoms with van der Waals surface area (Å²) < 4.78 is 1.63. The molecule has 0 aliphatic rings. The van der Waals surface area contributed by atoms with Gasteiger partial charge in [0.15, 0.2) is 0 Å². The molecule has 0 radical (unpaired) electrons. The summed E-state index contributed by atoms with van der Waals surface area (Å²) in [6.45, 7) is 2.51. The normalized spacial score (nSPS) is 11.0. The van der Waals surface area contributed by atoms with E-state index in [0.29, 0.717) is 17.6 Å². The number of aromatic amines is 1. The van der Waals surface area contributed by atoms with Crippen molar-refractivity contribution in [2.24, 2.45) is 0 Å². The number of phenols is 1. The van der Waals surface area contributed by atoms with Crippen molar-refractivity contribution in [3.63, 3.8) is 0 Å². The van der Waals surface area contributed by atoms with E-state index in [9.17, 15) is 9.90 Å². The van der Waals surface area contributed by atoms with E-state index in [1.807, 2.05) is 37.3 Å². The van der Waals surface area contributed by atoms with Crippen molar-refractivity contribution in [3.05, 3.63) is 64.1 Å². The highest BCUT2D eigenvalue weighted by Crippen LogP contribution is 2.21. The van der Waals surface area contributed by atoms with Crippen LogP contribution in [0.15, 0.2) is 47.3 Å². The van der Waals surface area contributed by atoms with Gasteiger partial charge < -0.3 is 10.1 Å². The number of hydrogen-bond acceptors (Lipinski definition) is 2. The maximum Gasteiger partial charge on any atom is 0.326 e. The number of aryl methyl sites for hydroxylation is 1. The summed E-state index contributed by atoms with van der Waals surface area (Å²) in [4.78, 5) is 14.7. The monoisotopic (exact) mass is 254 g/mol. The van der Waals surface area contributed by atoms with E-state index in [1.54, 1.807) is 16.7 Å². The second kappa shape index (κ2) is 4.31. The fraction of sp³-hybridized carbons (Fsp3) is 0.133. The number of nitrogens with zero attached hydrogens (tertiary/aromatic N) is 1. The Hall–Kier alpha value is -2.49. The highest BCUT2D eigenvalue weighted by atomic mass is 16.3. The molecule has 0 saturated carbocycles. The average Bonchev–Trinajstić information content (AvgIpc) is 2.69. The van der Waals surface area contributed by atoms with E-state index >= 15 is 0 Å². The van der Waals surface area contributed by atoms with Crippen molar-refractivity contribution in [1.82, 2.24) is 9.55 Å². The van der Waals surface area contributed by atoms with Gasteiger partial charge in [-0.3, -0.25) is 4.57 Å².